The predicted octanol–water partition coefficient (Wildman–Crippen LogP) is 2.60. The molecular weight excluding hydrogens is 490 g/mol. The van der Waals surface area contributed by atoms with Gasteiger partial charge in [0.2, 0.25) is 5.91 Å². The largest absolute Gasteiger partial charge is 0.367 e. The van der Waals surface area contributed by atoms with Crippen LogP contribution in [0.3, 0.4) is 0 Å². The molecule has 1 aliphatic heterocycles. The highest BCUT2D eigenvalue weighted by molar-refractivity contribution is 14.0. The fraction of sp³-hybridized carbons (Fsp3) is 0.562. The first-order chi connectivity index (χ1) is 12.1. The highest BCUT2D eigenvalue weighted by Gasteiger charge is 2.17. The number of halogens is 3. The highest BCUT2D eigenvalue weighted by atomic mass is 127. The molecular formula is C16H25Cl2IN6O. The fourth-order valence-electron chi connectivity index (χ4n) is 2.46. The van der Waals surface area contributed by atoms with E-state index < -0.39 is 0 Å². The molecule has 2 rings (SSSR count). The van der Waals surface area contributed by atoms with Crippen LogP contribution in [0, 0.1) is 0 Å². The van der Waals surface area contributed by atoms with Gasteiger partial charge in [0.25, 0.3) is 0 Å². The maximum Gasteiger partial charge on any atom is 0.244 e. The molecule has 0 aliphatic carbocycles. The highest BCUT2D eigenvalue weighted by Crippen LogP contribution is 2.21. The van der Waals surface area contributed by atoms with Crippen molar-refractivity contribution in [3.63, 3.8) is 0 Å². The zero-order chi connectivity index (χ0) is 18.1. The molecule has 1 aromatic heterocycles. The molecule has 0 bridgehead atoms. The molecule has 0 atom stereocenters. The number of aromatic nitrogens is 1. The Hall–Kier alpha value is -1.000. The maximum atomic E-state index is 12.1. The van der Waals surface area contributed by atoms with Crippen molar-refractivity contribution in [3.8, 4) is 0 Å². The maximum absolute atomic E-state index is 12.1. The number of anilines is 1. The molecule has 26 heavy (non-hydrogen) atoms. The molecule has 7 nitrogen and oxygen atoms in total. The third-order valence-corrected chi connectivity index (χ3v) is 4.19. The molecule has 1 saturated heterocycles. The average molecular weight is 515 g/mol. The first-order valence-electron chi connectivity index (χ1n) is 8.45. The van der Waals surface area contributed by atoms with Gasteiger partial charge in [0, 0.05) is 38.9 Å². The van der Waals surface area contributed by atoms with Gasteiger partial charge in [0.15, 0.2) is 5.96 Å². The van der Waals surface area contributed by atoms with Crippen LogP contribution in [0.15, 0.2) is 17.3 Å². The van der Waals surface area contributed by atoms with Gasteiger partial charge in [0.1, 0.15) is 12.4 Å². The topological polar surface area (TPSA) is 81.7 Å². The average Bonchev–Trinajstić information content (AvgIpc) is 3.12. The van der Waals surface area contributed by atoms with E-state index in [1.54, 1.807) is 12.3 Å². The minimum absolute atomic E-state index is 0. The second-order valence-corrected chi connectivity index (χ2v) is 6.46. The molecule has 0 spiro atoms. The number of carbonyl (C=O) groups excluding carboxylic acids is 1. The Kier molecular flexibility index (Phi) is 11.0. The van der Waals surface area contributed by atoms with Gasteiger partial charge in [-0.25, -0.2) is 9.98 Å². The van der Waals surface area contributed by atoms with E-state index in [1.807, 2.05) is 11.8 Å². The summed E-state index contributed by atoms with van der Waals surface area (Å²) in [6, 6.07) is 1.64. The summed E-state index contributed by atoms with van der Waals surface area (Å²) in [4.78, 5) is 22.4. The molecule has 1 aromatic rings. The summed E-state index contributed by atoms with van der Waals surface area (Å²) >= 11 is 11.9. The van der Waals surface area contributed by atoms with Crippen molar-refractivity contribution in [2.75, 3.05) is 44.6 Å². The van der Waals surface area contributed by atoms with E-state index in [9.17, 15) is 4.79 Å². The Morgan fingerprint density at radius 2 is 2.00 bits per heavy atom. The van der Waals surface area contributed by atoms with E-state index in [0.717, 1.165) is 32.5 Å². The molecule has 1 fully saturated rings. The van der Waals surface area contributed by atoms with E-state index in [1.165, 1.54) is 0 Å². The minimum Gasteiger partial charge on any atom is -0.367 e. The smallest absolute Gasteiger partial charge is 0.244 e. The van der Waals surface area contributed by atoms with Crippen LogP contribution in [-0.2, 0) is 4.79 Å². The zero-order valence-corrected chi connectivity index (χ0v) is 18.6. The van der Waals surface area contributed by atoms with Crippen LogP contribution in [0.4, 0.5) is 5.82 Å². The number of aliphatic imine (C=N–C) groups is 1. The monoisotopic (exact) mass is 514 g/mol. The number of guanidine groups is 1. The van der Waals surface area contributed by atoms with Crippen LogP contribution in [0.1, 0.15) is 19.8 Å². The molecule has 0 saturated carbocycles. The molecule has 1 amide bonds. The SMILES string of the molecule is CCNC(=NCC(=O)N1CCCC1)NCCNc1ncc(Cl)cc1Cl.I. The number of carbonyl (C=O) groups is 1. The van der Waals surface area contributed by atoms with Crippen molar-refractivity contribution in [3.05, 3.63) is 22.3 Å². The number of hydrogen-bond donors (Lipinski definition) is 3. The van der Waals surface area contributed by atoms with Crippen LogP contribution in [-0.4, -0.2) is 61.0 Å². The van der Waals surface area contributed by atoms with Crippen LogP contribution in [0.2, 0.25) is 10.0 Å². The predicted molar refractivity (Wildman–Crippen MR) is 118 cm³/mol. The Balaban J connectivity index is 0.00000338. The second kappa shape index (κ2) is 12.4. The van der Waals surface area contributed by atoms with Gasteiger partial charge < -0.3 is 20.9 Å². The lowest BCUT2D eigenvalue weighted by molar-refractivity contribution is -0.128. The van der Waals surface area contributed by atoms with Crippen LogP contribution in [0.5, 0.6) is 0 Å². The van der Waals surface area contributed by atoms with Crippen molar-refractivity contribution in [2.24, 2.45) is 4.99 Å². The lowest BCUT2D eigenvalue weighted by Gasteiger charge is -2.15. The number of nitrogens with one attached hydrogen (secondary N) is 3. The van der Waals surface area contributed by atoms with E-state index in [2.05, 4.69) is 25.9 Å². The second-order valence-electron chi connectivity index (χ2n) is 5.62. The summed E-state index contributed by atoms with van der Waals surface area (Å²) in [5, 5.41) is 10.4. The van der Waals surface area contributed by atoms with Crippen molar-refractivity contribution in [1.29, 1.82) is 0 Å². The summed E-state index contributed by atoms with van der Waals surface area (Å²) in [7, 11) is 0. The first kappa shape index (κ1) is 23.0. The number of hydrogen-bond acceptors (Lipinski definition) is 4. The van der Waals surface area contributed by atoms with Crippen LogP contribution >= 0.6 is 47.2 Å². The molecule has 3 N–H and O–H groups in total. The van der Waals surface area contributed by atoms with E-state index >= 15 is 0 Å². The summed E-state index contributed by atoms with van der Waals surface area (Å²) in [5.41, 5.74) is 0. The summed E-state index contributed by atoms with van der Waals surface area (Å²) < 4.78 is 0. The number of pyridine rings is 1. The number of rotatable bonds is 7. The first-order valence-corrected chi connectivity index (χ1v) is 9.20. The Labute approximate surface area is 181 Å². The Morgan fingerprint density at radius 3 is 2.65 bits per heavy atom. The van der Waals surface area contributed by atoms with Crippen molar-refractivity contribution in [1.82, 2.24) is 20.5 Å². The van der Waals surface area contributed by atoms with E-state index in [4.69, 9.17) is 23.2 Å². The molecule has 2 heterocycles. The van der Waals surface area contributed by atoms with Crippen LogP contribution in [0.25, 0.3) is 0 Å². The summed E-state index contributed by atoms with van der Waals surface area (Å²) in [6.45, 7) is 5.75. The van der Waals surface area contributed by atoms with Crippen molar-refractivity contribution < 1.29 is 4.79 Å². The van der Waals surface area contributed by atoms with Gasteiger partial charge in [-0.05, 0) is 25.8 Å². The minimum atomic E-state index is 0. The standard InChI is InChI=1S/C16H24Cl2N6O.HI/c1-2-19-16(23-11-14(25)24-7-3-4-8-24)21-6-5-20-15-13(18)9-12(17)10-22-15;/h9-10H,2-8,11H2,1H3,(H,20,22)(H2,19,21,23);1H. The zero-order valence-electron chi connectivity index (χ0n) is 14.7. The molecule has 0 aromatic carbocycles. The normalized spacial score (nSPS) is 14.0. The third-order valence-electron chi connectivity index (χ3n) is 3.69. The van der Waals surface area contributed by atoms with Gasteiger partial charge in [0.05, 0.1) is 10.0 Å². The van der Waals surface area contributed by atoms with E-state index in [0.29, 0.717) is 34.9 Å². The third kappa shape index (κ3) is 7.71. The number of likely N-dealkylation sites (tertiary alicyclic amines) is 1. The molecule has 146 valence electrons. The van der Waals surface area contributed by atoms with Crippen molar-refractivity contribution >= 4 is 64.9 Å². The molecule has 0 radical (unpaired) electrons. The number of nitrogens with zero attached hydrogens (tertiary/aromatic N) is 3. The molecule has 0 unspecified atom stereocenters. The van der Waals surface area contributed by atoms with Gasteiger partial charge in [-0.1, -0.05) is 23.2 Å². The Bertz CT molecular complexity index is 610. The lowest BCUT2D eigenvalue weighted by atomic mass is 10.4. The summed E-state index contributed by atoms with van der Waals surface area (Å²) in [6.07, 6.45) is 3.71. The van der Waals surface area contributed by atoms with Crippen LogP contribution < -0.4 is 16.0 Å². The number of amides is 1. The summed E-state index contributed by atoms with van der Waals surface area (Å²) in [5.74, 6) is 1.27. The van der Waals surface area contributed by atoms with E-state index in [-0.39, 0.29) is 36.4 Å². The fourth-order valence-corrected chi connectivity index (χ4v) is 2.91. The van der Waals surface area contributed by atoms with Gasteiger partial charge in [-0.3, -0.25) is 4.79 Å². The lowest BCUT2D eigenvalue weighted by Crippen LogP contribution is -2.40. The Morgan fingerprint density at radius 1 is 1.27 bits per heavy atom. The van der Waals surface area contributed by atoms with Gasteiger partial charge in [-0.15, -0.1) is 24.0 Å². The van der Waals surface area contributed by atoms with Crippen molar-refractivity contribution in [2.45, 2.75) is 19.8 Å². The molecule has 1 aliphatic rings. The quantitative estimate of drug-likeness (QED) is 0.225. The molecule has 10 heteroatoms. The van der Waals surface area contributed by atoms with Gasteiger partial charge >= 0.3 is 0 Å². The van der Waals surface area contributed by atoms with Gasteiger partial charge in [-0.2, -0.15) is 0 Å².